The van der Waals surface area contributed by atoms with Gasteiger partial charge in [-0.2, -0.15) is 0 Å². The minimum atomic E-state index is -0.288. The van der Waals surface area contributed by atoms with Crippen molar-refractivity contribution in [2.75, 3.05) is 0 Å². The number of allylic oxidation sites excluding steroid dienone is 6. The van der Waals surface area contributed by atoms with Gasteiger partial charge in [-0.3, -0.25) is 0 Å². The number of hydrogen-bond acceptors (Lipinski definition) is 0. The van der Waals surface area contributed by atoms with Crippen LogP contribution >= 0.6 is 0 Å². The van der Waals surface area contributed by atoms with Gasteiger partial charge in [-0.05, 0) is 51.8 Å². The second-order valence-electron chi connectivity index (χ2n) is 7.88. The standard InChI is InChI=1S/C28H24/c1-20-17-18-26-27(21(2)19-20)24-15-9-10-16-25(24)28(26,22-11-5-3-6-12-22)23-13-7-4-8-14-23/h3-20H,1-2H3/t20-/m1/s1. The van der Waals surface area contributed by atoms with E-state index in [0.29, 0.717) is 5.92 Å². The lowest BCUT2D eigenvalue weighted by Crippen LogP contribution is -2.29. The molecule has 28 heavy (non-hydrogen) atoms. The molecule has 0 saturated heterocycles. The van der Waals surface area contributed by atoms with Gasteiger partial charge >= 0.3 is 0 Å². The lowest BCUT2D eigenvalue weighted by molar-refractivity contribution is 0.759. The Hall–Kier alpha value is -3.12. The summed E-state index contributed by atoms with van der Waals surface area (Å²) >= 11 is 0. The van der Waals surface area contributed by atoms with Crippen molar-refractivity contribution < 1.29 is 0 Å². The molecule has 2 aliphatic rings. The first-order chi connectivity index (χ1) is 13.7. The fraction of sp³-hybridized carbons (Fsp3) is 0.143. The molecule has 0 saturated carbocycles. The normalized spacial score (nSPS) is 19.6. The third-order valence-electron chi connectivity index (χ3n) is 6.16. The van der Waals surface area contributed by atoms with Gasteiger partial charge in [0, 0.05) is 0 Å². The summed E-state index contributed by atoms with van der Waals surface area (Å²) in [7, 11) is 0. The van der Waals surface area contributed by atoms with E-state index < -0.39 is 0 Å². The Bertz CT molecular complexity index is 1070. The maximum absolute atomic E-state index is 2.39. The second-order valence-corrected chi connectivity index (χ2v) is 7.88. The second kappa shape index (κ2) is 6.49. The Labute approximate surface area is 167 Å². The molecule has 5 rings (SSSR count). The van der Waals surface area contributed by atoms with Crippen LogP contribution < -0.4 is 0 Å². The largest absolute Gasteiger partial charge is 0.0775 e. The van der Waals surface area contributed by atoms with Crippen molar-refractivity contribution in [1.29, 1.82) is 0 Å². The molecule has 0 unspecified atom stereocenters. The van der Waals surface area contributed by atoms with Crippen LogP contribution in [0.15, 0.2) is 114 Å². The lowest BCUT2D eigenvalue weighted by Gasteiger charge is -2.34. The van der Waals surface area contributed by atoms with Gasteiger partial charge in [0.15, 0.2) is 0 Å². The zero-order valence-corrected chi connectivity index (χ0v) is 16.4. The summed E-state index contributed by atoms with van der Waals surface area (Å²) in [6.07, 6.45) is 7.12. The first kappa shape index (κ1) is 17.0. The zero-order chi connectivity index (χ0) is 19.1. The Morgan fingerprint density at radius 3 is 1.93 bits per heavy atom. The average Bonchev–Trinajstić information content (AvgIpc) is 2.95. The topological polar surface area (TPSA) is 0 Å². The van der Waals surface area contributed by atoms with Crippen LogP contribution in [0, 0.1) is 5.92 Å². The van der Waals surface area contributed by atoms with Crippen molar-refractivity contribution in [2.45, 2.75) is 19.3 Å². The van der Waals surface area contributed by atoms with Crippen molar-refractivity contribution in [3.8, 4) is 0 Å². The molecule has 0 radical (unpaired) electrons. The maximum atomic E-state index is 2.39. The van der Waals surface area contributed by atoms with Crippen molar-refractivity contribution in [3.05, 3.63) is 137 Å². The summed E-state index contributed by atoms with van der Waals surface area (Å²) in [5.74, 6) is 0.432. The van der Waals surface area contributed by atoms with Gasteiger partial charge in [0.2, 0.25) is 0 Å². The Morgan fingerprint density at radius 2 is 1.29 bits per heavy atom. The highest BCUT2D eigenvalue weighted by Gasteiger charge is 2.47. The van der Waals surface area contributed by atoms with Gasteiger partial charge in [-0.15, -0.1) is 0 Å². The summed E-state index contributed by atoms with van der Waals surface area (Å²) in [6, 6.07) is 30.9. The molecule has 2 aliphatic carbocycles. The van der Waals surface area contributed by atoms with Crippen LogP contribution in [-0.2, 0) is 5.41 Å². The number of rotatable bonds is 2. The Morgan fingerprint density at radius 1 is 0.714 bits per heavy atom. The number of hydrogen-bond donors (Lipinski definition) is 0. The molecule has 3 aromatic rings. The van der Waals surface area contributed by atoms with E-state index in [4.69, 9.17) is 0 Å². The van der Waals surface area contributed by atoms with E-state index >= 15 is 0 Å². The summed E-state index contributed by atoms with van der Waals surface area (Å²) in [6.45, 7) is 4.53. The van der Waals surface area contributed by atoms with E-state index in [-0.39, 0.29) is 5.41 Å². The van der Waals surface area contributed by atoms with Crippen LogP contribution in [0.25, 0.3) is 5.57 Å². The molecule has 3 aromatic carbocycles. The third-order valence-corrected chi connectivity index (χ3v) is 6.16. The van der Waals surface area contributed by atoms with Crippen LogP contribution in [0.1, 0.15) is 36.1 Å². The summed E-state index contributed by atoms with van der Waals surface area (Å²) in [5, 5.41) is 0. The quantitative estimate of drug-likeness (QED) is 0.464. The van der Waals surface area contributed by atoms with E-state index in [1.807, 2.05) is 0 Å². The molecule has 0 bridgehead atoms. The molecule has 0 aromatic heterocycles. The number of fused-ring (bicyclic) bond motifs is 2. The first-order valence-electron chi connectivity index (χ1n) is 10.1. The monoisotopic (exact) mass is 360 g/mol. The van der Waals surface area contributed by atoms with Crippen molar-refractivity contribution in [3.63, 3.8) is 0 Å². The van der Waals surface area contributed by atoms with Crippen LogP contribution in [0.4, 0.5) is 0 Å². The molecule has 0 N–H and O–H groups in total. The van der Waals surface area contributed by atoms with E-state index in [9.17, 15) is 0 Å². The molecule has 0 fully saturated rings. The molecule has 0 heteroatoms. The molecular weight excluding hydrogens is 336 g/mol. The molecule has 0 amide bonds. The van der Waals surface area contributed by atoms with Crippen LogP contribution in [-0.4, -0.2) is 0 Å². The molecular formula is C28H24. The minimum Gasteiger partial charge on any atom is -0.0775 e. The van der Waals surface area contributed by atoms with Gasteiger partial charge < -0.3 is 0 Å². The molecule has 136 valence electrons. The van der Waals surface area contributed by atoms with Crippen LogP contribution in [0.5, 0.6) is 0 Å². The first-order valence-corrected chi connectivity index (χ1v) is 10.1. The van der Waals surface area contributed by atoms with Crippen molar-refractivity contribution in [2.24, 2.45) is 5.92 Å². The van der Waals surface area contributed by atoms with Crippen molar-refractivity contribution in [1.82, 2.24) is 0 Å². The Balaban J connectivity index is 1.97. The van der Waals surface area contributed by atoms with E-state index in [0.717, 1.165) is 0 Å². The lowest BCUT2D eigenvalue weighted by atomic mass is 9.66. The van der Waals surface area contributed by atoms with Gasteiger partial charge in [0.25, 0.3) is 0 Å². The van der Waals surface area contributed by atoms with E-state index in [1.165, 1.54) is 39.0 Å². The van der Waals surface area contributed by atoms with Gasteiger partial charge in [-0.1, -0.05) is 110 Å². The highest BCUT2D eigenvalue weighted by molar-refractivity contribution is 5.94. The minimum absolute atomic E-state index is 0.288. The Kier molecular flexibility index (Phi) is 3.94. The highest BCUT2D eigenvalue weighted by atomic mass is 14.5. The predicted octanol–water partition coefficient (Wildman–Crippen LogP) is 6.94. The van der Waals surface area contributed by atoms with E-state index in [2.05, 4.69) is 117 Å². The summed E-state index contributed by atoms with van der Waals surface area (Å²) in [5.41, 5.74) is 9.25. The molecule has 0 spiro atoms. The highest BCUT2D eigenvalue weighted by Crippen LogP contribution is 2.57. The smallest absolute Gasteiger partial charge is 0.0713 e. The van der Waals surface area contributed by atoms with Crippen LogP contribution in [0.3, 0.4) is 0 Å². The van der Waals surface area contributed by atoms with Gasteiger partial charge in [-0.25, -0.2) is 0 Å². The zero-order valence-electron chi connectivity index (χ0n) is 16.4. The summed E-state index contributed by atoms with van der Waals surface area (Å²) in [4.78, 5) is 0. The number of benzene rings is 3. The predicted molar refractivity (Wildman–Crippen MR) is 118 cm³/mol. The van der Waals surface area contributed by atoms with Crippen LogP contribution in [0.2, 0.25) is 0 Å². The van der Waals surface area contributed by atoms with Crippen molar-refractivity contribution >= 4 is 5.57 Å². The average molecular weight is 361 g/mol. The summed E-state index contributed by atoms with van der Waals surface area (Å²) < 4.78 is 0. The molecule has 0 heterocycles. The van der Waals surface area contributed by atoms with Gasteiger partial charge in [0.1, 0.15) is 0 Å². The molecule has 0 aliphatic heterocycles. The SMILES string of the molecule is CC1=C[C@H](C)C=CC2=C1c1ccccc1C2(c1ccccc1)c1ccccc1. The molecule has 0 nitrogen and oxygen atoms in total. The van der Waals surface area contributed by atoms with Gasteiger partial charge in [0.05, 0.1) is 5.41 Å². The maximum Gasteiger partial charge on any atom is 0.0713 e. The third kappa shape index (κ3) is 2.31. The molecule has 1 atom stereocenters. The fourth-order valence-corrected chi connectivity index (χ4v) is 5.09. The van der Waals surface area contributed by atoms with E-state index in [1.54, 1.807) is 0 Å². The fourth-order valence-electron chi connectivity index (χ4n) is 5.09.